The van der Waals surface area contributed by atoms with Gasteiger partial charge in [-0.15, -0.1) is 0 Å². The van der Waals surface area contributed by atoms with Crippen LogP contribution in [-0.4, -0.2) is 31.6 Å². The lowest BCUT2D eigenvalue weighted by Gasteiger charge is -2.27. The van der Waals surface area contributed by atoms with Crippen LogP contribution >= 0.6 is 11.6 Å². The Morgan fingerprint density at radius 2 is 2.24 bits per heavy atom. The second kappa shape index (κ2) is 4.73. The Balaban J connectivity index is 2.32. The van der Waals surface area contributed by atoms with Gasteiger partial charge in [-0.1, -0.05) is 11.6 Å². The van der Waals surface area contributed by atoms with Crippen molar-refractivity contribution in [3.63, 3.8) is 0 Å². The van der Waals surface area contributed by atoms with Crippen LogP contribution in [-0.2, 0) is 9.53 Å². The van der Waals surface area contributed by atoms with Gasteiger partial charge in [0.25, 0.3) is 5.91 Å². The first-order valence-electron chi connectivity index (χ1n) is 5.07. The smallest absolute Gasteiger partial charge is 0.253 e. The summed E-state index contributed by atoms with van der Waals surface area (Å²) < 4.78 is 5.03. The first-order valence-corrected chi connectivity index (χ1v) is 5.45. The number of carbonyl (C=O) groups is 2. The summed E-state index contributed by atoms with van der Waals surface area (Å²) in [6.07, 6.45) is 0. The van der Waals surface area contributed by atoms with Crippen molar-refractivity contribution in [1.82, 2.24) is 0 Å². The minimum atomic E-state index is -0.549. The van der Waals surface area contributed by atoms with E-state index in [1.165, 1.54) is 11.0 Å². The van der Waals surface area contributed by atoms with Gasteiger partial charge in [0.2, 0.25) is 5.91 Å². The summed E-state index contributed by atoms with van der Waals surface area (Å²) in [4.78, 5) is 24.1. The minimum absolute atomic E-state index is 0.0495. The predicted octanol–water partition coefficient (Wildman–Crippen LogP) is 0.802. The fourth-order valence-electron chi connectivity index (χ4n) is 1.65. The maximum absolute atomic E-state index is 11.6. The number of benzene rings is 1. The van der Waals surface area contributed by atoms with Gasteiger partial charge < -0.3 is 15.4 Å². The van der Waals surface area contributed by atoms with E-state index in [-0.39, 0.29) is 12.5 Å². The Hall–Kier alpha value is -1.59. The Morgan fingerprint density at radius 1 is 1.47 bits per heavy atom. The van der Waals surface area contributed by atoms with E-state index in [4.69, 9.17) is 22.1 Å². The molecule has 0 bridgehead atoms. The number of morpholine rings is 1. The molecular formula is C11H11ClN2O3. The average Bonchev–Trinajstić information content (AvgIpc) is 2.30. The highest BCUT2D eigenvalue weighted by atomic mass is 35.5. The van der Waals surface area contributed by atoms with Crippen LogP contribution in [0.25, 0.3) is 0 Å². The van der Waals surface area contributed by atoms with Crippen LogP contribution < -0.4 is 10.6 Å². The molecule has 1 aromatic carbocycles. The van der Waals surface area contributed by atoms with Gasteiger partial charge in [0, 0.05) is 12.1 Å². The zero-order chi connectivity index (χ0) is 12.4. The summed E-state index contributed by atoms with van der Waals surface area (Å²) in [5, 5.41) is 0.330. The number of carbonyl (C=O) groups excluding carboxylic acids is 2. The van der Waals surface area contributed by atoms with Crippen LogP contribution in [0.4, 0.5) is 5.69 Å². The van der Waals surface area contributed by atoms with Crippen molar-refractivity contribution in [2.75, 3.05) is 24.7 Å². The van der Waals surface area contributed by atoms with E-state index in [0.717, 1.165) is 0 Å². The number of halogens is 1. The van der Waals surface area contributed by atoms with Crippen molar-refractivity contribution in [2.24, 2.45) is 5.73 Å². The van der Waals surface area contributed by atoms with E-state index in [0.29, 0.717) is 29.4 Å². The fraction of sp³-hybridized carbons (Fsp3) is 0.273. The summed E-state index contributed by atoms with van der Waals surface area (Å²) in [5.74, 6) is -0.697. The van der Waals surface area contributed by atoms with Gasteiger partial charge >= 0.3 is 0 Å². The van der Waals surface area contributed by atoms with Crippen molar-refractivity contribution < 1.29 is 14.3 Å². The van der Waals surface area contributed by atoms with Gasteiger partial charge in [-0.2, -0.15) is 0 Å². The van der Waals surface area contributed by atoms with Gasteiger partial charge in [-0.3, -0.25) is 9.59 Å². The monoisotopic (exact) mass is 254 g/mol. The van der Waals surface area contributed by atoms with Crippen LogP contribution in [0.2, 0.25) is 5.02 Å². The van der Waals surface area contributed by atoms with E-state index in [9.17, 15) is 9.59 Å². The molecule has 1 aliphatic rings. The Morgan fingerprint density at radius 3 is 2.82 bits per heavy atom. The summed E-state index contributed by atoms with van der Waals surface area (Å²) in [6, 6.07) is 4.62. The first-order chi connectivity index (χ1) is 8.09. The Labute approximate surface area is 103 Å². The molecule has 1 aromatic rings. The molecule has 0 atom stereocenters. The molecule has 0 aliphatic carbocycles. The third kappa shape index (κ3) is 2.40. The van der Waals surface area contributed by atoms with Crippen LogP contribution in [0.1, 0.15) is 10.4 Å². The normalized spacial score (nSPS) is 16.1. The van der Waals surface area contributed by atoms with Gasteiger partial charge in [0.05, 0.1) is 17.3 Å². The molecule has 5 nitrogen and oxygen atoms in total. The molecule has 90 valence electrons. The standard InChI is InChI=1S/C11H11ClN2O3/c12-8-5-7(11(13)16)1-2-9(8)14-3-4-17-6-10(14)15/h1-2,5H,3-4,6H2,(H2,13,16). The number of hydrogen-bond acceptors (Lipinski definition) is 3. The van der Waals surface area contributed by atoms with Gasteiger partial charge in [0.1, 0.15) is 6.61 Å². The van der Waals surface area contributed by atoms with Crippen molar-refractivity contribution in [3.8, 4) is 0 Å². The summed E-state index contributed by atoms with van der Waals surface area (Å²) in [5.41, 5.74) is 6.03. The maximum Gasteiger partial charge on any atom is 0.253 e. The fourth-order valence-corrected chi connectivity index (χ4v) is 1.93. The topological polar surface area (TPSA) is 72.6 Å². The summed E-state index contributed by atoms with van der Waals surface area (Å²) in [6.45, 7) is 0.974. The van der Waals surface area contributed by atoms with Crippen LogP contribution in [0.15, 0.2) is 18.2 Å². The molecule has 0 saturated carbocycles. The van der Waals surface area contributed by atoms with Crippen molar-refractivity contribution in [3.05, 3.63) is 28.8 Å². The minimum Gasteiger partial charge on any atom is -0.370 e. The van der Waals surface area contributed by atoms with Gasteiger partial charge in [-0.25, -0.2) is 0 Å². The SMILES string of the molecule is NC(=O)c1ccc(N2CCOCC2=O)c(Cl)c1. The molecule has 1 fully saturated rings. The van der Waals surface area contributed by atoms with Crippen LogP contribution in [0.5, 0.6) is 0 Å². The van der Waals surface area contributed by atoms with E-state index in [2.05, 4.69) is 0 Å². The van der Waals surface area contributed by atoms with Crippen molar-refractivity contribution in [1.29, 1.82) is 0 Å². The number of amides is 2. The van der Waals surface area contributed by atoms with Gasteiger partial charge in [0.15, 0.2) is 0 Å². The highest BCUT2D eigenvalue weighted by molar-refractivity contribution is 6.34. The Bertz CT molecular complexity index is 476. The highest BCUT2D eigenvalue weighted by Crippen LogP contribution is 2.27. The molecule has 2 amide bonds. The number of nitrogens with two attached hydrogens (primary N) is 1. The average molecular weight is 255 g/mol. The molecular weight excluding hydrogens is 244 g/mol. The summed E-state index contributed by atoms with van der Waals surface area (Å²) in [7, 11) is 0. The molecule has 0 radical (unpaired) electrons. The lowest BCUT2D eigenvalue weighted by atomic mass is 10.2. The molecule has 0 aromatic heterocycles. The number of anilines is 1. The lowest BCUT2D eigenvalue weighted by molar-refractivity contribution is -0.125. The number of ether oxygens (including phenoxy) is 1. The molecule has 1 saturated heterocycles. The van der Waals surface area contributed by atoms with E-state index < -0.39 is 5.91 Å². The van der Waals surface area contributed by atoms with E-state index >= 15 is 0 Å². The lowest BCUT2D eigenvalue weighted by Crippen LogP contribution is -2.41. The molecule has 17 heavy (non-hydrogen) atoms. The summed E-state index contributed by atoms with van der Waals surface area (Å²) >= 11 is 6.03. The van der Waals surface area contributed by atoms with Crippen LogP contribution in [0, 0.1) is 0 Å². The highest BCUT2D eigenvalue weighted by Gasteiger charge is 2.22. The number of nitrogens with zero attached hydrogens (tertiary/aromatic N) is 1. The van der Waals surface area contributed by atoms with E-state index in [1.54, 1.807) is 12.1 Å². The molecule has 1 heterocycles. The Kier molecular flexibility index (Phi) is 3.31. The van der Waals surface area contributed by atoms with Gasteiger partial charge in [-0.05, 0) is 18.2 Å². The van der Waals surface area contributed by atoms with Crippen LogP contribution in [0.3, 0.4) is 0 Å². The zero-order valence-corrected chi connectivity index (χ0v) is 9.74. The second-order valence-corrected chi connectivity index (χ2v) is 4.04. The molecule has 0 spiro atoms. The number of hydrogen-bond donors (Lipinski definition) is 1. The quantitative estimate of drug-likeness (QED) is 0.849. The van der Waals surface area contributed by atoms with E-state index in [1.807, 2.05) is 0 Å². The molecule has 2 rings (SSSR count). The first kappa shape index (κ1) is 11.9. The third-order valence-corrected chi connectivity index (χ3v) is 2.81. The van der Waals surface area contributed by atoms with Crippen molar-refractivity contribution in [2.45, 2.75) is 0 Å². The predicted molar refractivity (Wildman–Crippen MR) is 63.1 cm³/mol. The maximum atomic E-state index is 11.6. The number of rotatable bonds is 2. The molecule has 1 aliphatic heterocycles. The number of primary amides is 1. The zero-order valence-electron chi connectivity index (χ0n) is 8.98. The van der Waals surface area contributed by atoms with Crippen molar-refractivity contribution >= 4 is 29.1 Å². The molecule has 2 N–H and O–H groups in total. The third-order valence-electron chi connectivity index (χ3n) is 2.51. The molecule has 0 unspecified atom stereocenters. The second-order valence-electron chi connectivity index (χ2n) is 3.63. The molecule has 6 heteroatoms. The largest absolute Gasteiger partial charge is 0.370 e.